The Hall–Kier alpha value is -0.380. The molecule has 0 aliphatic rings. The second kappa shape index (κ2) is 11.6. The minimum Gasteiger partial charge on any atom is -0.377 e. The van der Waals surface area contributed by atoms with Crippen molar-refractivity contribution in [1.29, 1.82) is 0 Å². The molecule has 0 atom stereocenters. The number of aliphatic hydroxyl groups excluding tert-OH is 2. The van der Waals surface area contributed by atoms with Crippen LogP contribution in [-0.2, 0) is 20.9 Å². The molecule has 0 radical (unpaired) electrons. The van der Waals surface area contributed by atoms with Gasteiger partial charge in [-0.25, -0.2) is 0 Å². The summed E-state index contributed by atoms with van der Waals surface area (Å²) in [6.45, 7) is 6.27. The maximum absolute atomic E-state index is 11.0. The Morgan fingerprint density at radius 3 is 0.704 bits per heavy atom. The topological polar surface area (TPSA) is 52.8 Å². The van der Waals surface area contributed by atoms with Crippen molar-refractivity contribution in [2.45, 2.75) is 63.2 Å². The SMILES string of the molecule is CC(C)(C)[N]=[Nb].OC(C(F)(F)F)C(F)(F)F.OC(C(F)(F)F)C(F)(F)F.[CH3-]. The van der Waals surface area contributed by atoms with Crippen LogP contribution < -0.4 is 0 Å². The van der Waals surface area contributed by atoms with Gasteiger partial charge in [0.1, 0.15) is 0 Å². The van der Waals surface area contributed by atoms with E-state index in [9.17, 15) is 52.7 Å². The Morgan fingerprint density at radius 2 is 0.704 bits per heavy atom. The van der Waals surface area contributed by atoms with E-state index in [1.165, 1.54) is 20.9 Å². The van der Waals surface area contributed by atoms with E-state index in [1.807, 2.05) is 0 Å². The molecule has 0 aromatic heterocycles. The van der Waals surface area contributed by atoms with Crippen LogP contribution in [0.3, 0.4) is 0 Å². The molecule has 0 spiro atoms. The standard InChI is InChI=1S/C4H9N.2C3H2F6O.CH3.Nb/c1-4(2,3)5;2*4-2(5,6)1(10)3(7,8)9;;/h1-3H3;2*1,10H;1H3;/q;;;-1;. The second-order valence-corrected chi connectivity index (χ2v) is 5.73. The van der Waals surface area contributed by atoms with Gasteiger partial charge in [0.2, 0.25) is 12.2 Å². The van der Waals surface area contributed by atoms with Gasteiger partial charge in [-0.05, 0) is 0 Å². The molecule has 0 saturated heterocycles. The summed E-state index contributed by atoms with van der Waals surface area (Å²) in [6, 6.07) is 0. The fraction of sp³-hybridized carbons (Fsp3) is 0.909. The summed E-state index contributed by atoms with van der Waals surface area (Å²) < 4.78 is 136. The van der Waals surface area contributed by atoms with E-state index >= 15 is 0 Å². The molecule has 0 aliphatic carbocycles. The van der Waals surface area contributed by atoms with Gasteiger partial charge in [0.05, 0.1) is 0 Å². The average Bonchev–Trinajstić information content (AvgIpc) is 2.33. The van der Waals surface area contributed by atoms with E-state index in [0.717, 1.165) is 0 Å². The van der Waals surface area contributed by atoms with Crippen LogP contribution in [0.15, 0.2) is 3.34 Å². The first-order valence-electron chi connectivity index (χ1n) is 5.86. The fourth-order valence-corrected chi connectivity index (χ4v) is 0.371. The normalized spacial score (nSPS) is 13.1. The maximum Gasteiger partial charge on any atom is 0.423 e. The number of nitrogens with zero attached hydrogens (tertiary/aromatic N) is 1. The van der Waals surface area contributed by atoms with Gasteiger partial charge in [0.15, 0.2) is 0 Å². The zero-order valence-electron chi connectivity index (χ0n) is 14.0. The van der Waals surface area contributed by atoms with E-state index < -0.39 is 36.9 Å². The van der Waals surface area contributed by atoms with Gasteiger partial charge < -0.3 is 17.6 Å². The predicted molar refractivity (Wildman–Crippen MR) is 64.8 cm³/mol. The van der Waals surface area contributed by atoms with Crippen molar-refractivity contribution in [1.82, 2.24) is 0 Å². The van der Waals surface area contributed by atoms with Crippen molar-refractivity contribution in [2.24, 2.45) is 3.34 Å². The third-order valence-electron chi connectivity index (χ3n) is 1.54. The quantitative estimate of drug-likeness (QED) is 0.274. The first-order valence-corrected chi connectivity index (χ1v) is 6.85. The fourth-order valence-electron chi connectivity index (χ4n) is 0.371. The zero-order valence-corrected chi connectivity index (χ0v) is 16.2. The van der Waals surface area contributed by atoms with Crippen LogP contribution in [0, 0.1) is 7.43 Å². The molecule has 2 N–H and O–H groups in total. The summed E-state index contributed by atoms with van der Waals surface area (Å²) in [6.07, 6.45) is -31.0. The van der Waals surface area contributed by atoms with Crippen LogP contribution in [-0.4, -0.2) is 52.7 Å². The van der Waals surface area contributed by atoms with Gasteiger partial charge in [-0.15, -0.1) is 0 Å². The van der Waals surface area contributed by atoms with E-state index in [-0.39, 0.29) is 13.0 Å². The Balaban J connectivity index is -0.000000149. The van der Waals surface area contributed by atoms with Crippen molar-refractivity contribution in [3.63, 3.8) is 0 Å². The molecule has 0 fully saturated rings. The number of alkyl halides is 12. The van der Waals surface area contributed by atoms with E-state index in [4.69, 9.17) is 10.2 Å². The number of hydrogen-bond acceptors (Lipinski definition) is 3. The summed E-state index contributed by atoms with van der Waals surface area (Å²) >= 11 is 1.52. The smallest absolute Gasteiger partial charge is 0.377 e. The minimum absolute atomic E-state index is 0. The zero-order chi connectivity index (χ0) is 22.4. The molecule has 167 valence electrons. The molecule has 0 aromatic rings. The van der Waals surface area contributed by atoms with Crippen LogP contribution in [0.25, 0.3) is 0 Å². The third kappa shape index (κ3) is 20.2. The maximum atomic E-state index is 11.0. The number of rotatable bonds is 0. The molecule has 0 unspecified atom stereocenters. The first-order chi connectivity index (χ1) is 10.9. The van der Waals surface area contributed by atoms with E-state index in [2.05, 4.69) is 24.1 Å². The molecule has 27 heavy (non-hydrogen) atoms. The number of halogens is 12. The van der Waals surface area contributed by atoms with Crippen LogP contribution in [0.5, 0.6) is 0 Å². The third-order valence-corrected chi connectivity index (χ3v) is 3.02. The van der Waals surface area contributed by atoms with Crippen molar-refractivity contribution in [3.05, 3.63) is 7.43 Å². The van der Waals surface area contributed by atoms with Crippen LogP contribution in [0.4, 0.5) is 52.7 Å². The van der Waals surface area contributed by atoms with Gasteiger partial charge in [0, 0.05) is 0 Å². The second-order valence-electron chi connectivity index (χ2n) is 5.24. The Bertz CT molecular complexity index is 350. The predicted octanol–water partition coefficient (Wildman–Crippen LogP) is 4.91. The van der Waals surface area contributed by atoms with Crippen molar-refractivity contribution >= 4 is 0 Å². The summed E-state index contributed by atoms with van der Waals surface area (Å²) in [4.78, 5) is 0. The van der Waals surface area contributed by atoms with Crippen LogP contribution in [0.1, 0.15) is 20.8 Å². The molecule has 0 heterocycles. The molecular weight excluding hydrogens is 499 g/mol. The summed E-state index contributed by atoms with van der Waals surface area (Å²) in [7, 11) is 0. The average molecular weight is 515 g/mol. The minimum atomic E-state index is -5.63. The van der Waals surface area contributed by atoms with Crippen molar-refractivity contribution in [3.8, 4) is 0 Å². The molecule has 3 nitrogen and oxygen atoms in total. The van der Waals surface area contributed by atoms with Crippen LogP contribution in [0.2, 0.25) is 0 Å². The van der Waals surface area contributed by atoms with Crippen LogP contribution >= 0.6 is 0 Å². The molecule has 0 rings (SSSR count). The molecule has 0 bridgehead atoms. The van der Waals surface area contributed by atoms with Gasteiger partial charge >= 0.3 is 75.2 Å². The Labute approximate surface area is 158 Å². The van der Waals surface area contributed by atoms with Gasteiger partial charge in [-0.1, -0.05) is 0 Å². The van der Waals surface area contributed by atoms with Crippen molar-refractivity contribution < 1.29 is 83.8 Å². The van der Waals surface area contributed by atoms with E-state index in [0.29, 0.717) is 0 Å². The van der Waals surface area contributed by atoms with Crippen molar-refractivity contribution in [2.75, 3.05) is 0 Å². The molecule has 16 heteroatoms. The molecule has 0 saturated carbocycles. The van der Waals surface area contributed by atoms with Gasteiger partial charge in [0.25, 0.3) is 0 Å². The largest absolute Gasteiger partial charge is 0.423 e. The van der Waals surface area contributed by atoms with E-state index in [1.54, 1.807) is 0 Å². The first kappa shape index (κ1) is 34.1. The Morgan fingerprint density at radius 1 is 0.593 bits per heavy atom. The van der Waals surface area contributed by atoms with Gasteiger partial charge in [-0.3, -0.25) is 0 Å². The molecule has 0 aliphatic heterocycles. The summed E-state index contributed by atoms with van der Waals surface area (Å²) in [5.74, 6) is 0. The summed E-state index contributed by atoms with van der Waals surface area (Å²) in [5, 5.41) is 14.9. The number of aliphatic hydroxyl groups is 2. The number of hydrogen-bond donors (Lipinski definition) is 2. The Kier molecular flexibility index (Phi) is 14.6. The monoisotopic (exact) mass is 515 g/mol. The molecule has 0 aromatic carbocycles. The summed E-state index contributed by atoms with van der Waals surface area (Å²) in [5.41, 5.74) is 0.189. The molecule has 0 amide bonds. The van der Waals surface area contributed by atoms with Gasteiger partial charge in [-0.2, -0.15) is 52.7 Å². The molecular formula is C11H16F12NNbO2-.